The van der Waals surface area contributed by atoms with Crippen molar-refractivity contribution in [3.8, 4) is 11.5 Å². The molecular weight excluding hydrogens is 396 g/mol. The van der Waals surface area contributed by atoms with E-state index in [1.54, 1.807) is 6.07 Å². The Bertz CT molecular complexity index is 1090. The summed E-state index contributed by atoms with van der Waals surface area (Å²) in [6.45, 7) is 8.38. The van der Waals surface area contributed by atoms with Gasteiger partial charge in [-0.1, -0.05) is 6.08 Å². The minimum absolute atomic E-state index is 0.113. The highest BCUT2D eigenvalue weighted by atomic mass is 16.5. The molecule has 1 atom stereocenters. The third kappa shape index (κ3) is 3.79. The van der Waals surface area contributed by atoms with Crippen LogP contribution in [0, 0.1) is 0 Å². The molecule has 0 aliphatic carbocycles. The maximum Gasteiger partial charge on any atom is 0.261 e. The monoisotopic (exact) mass is 420 g/mol. The van der Waals surface area contributed by atoms with Crippen LogP contribution in [-0.2, 0) is 13.0 Å². The number of benzene rings is 2. The van der Waals surface area contributed by atoms with Gasteiger partial charge in [-0.05, 0) is 44.2 Å². The molecule has 160 valence electrons. The zero-order chi connectivity index (χ0) is 22.1. The summed E-state index contributed by atoms with van der Waals surface area (Å²) in [6.07, 6.45) is 2.43. The average molecular weight is 420 g/mol. The molecule has 7 heteroatoms. The van der Waals surface area contributed by atoms with Gasteiger partial charge in [0, 0.05) is 36.2 Å². The number of hydrogen-bond donors (Lipinski definition) is 1. The lowest BCUT2D eigenvalue weighted by Gasteiger charge is -2.13. The summed E-state index contributed by atoms with van der Waals surface area (Å²) in [6, 6.07) is 8.41. The molecule has 2 aromatic rings. The molecule has 2 aliphatic rings. The molecule has 0 saturated heterocycles. The van der Waals surface area contributed by atoms with Crippen LogP contribution in [0.25, 0.3) is 0 Å². The SMILES string of the molecule is C=CCN1C(=O)c2ccc(C(=O)NCc3cc4c(cc3OCC)C[C@@H](C)O4)cc2C1=O. The fraction of sp³-hybridized carbons (Fsp3) is 0.292. The highest BCUT2D eigenvalue weighted by Crippen LogP contribution is 2.35. The predicted octanol–water partition coefficient (Wildman–Crippen LogP) is 3.12. The van der Waals surface area contributed by atoms with Crippen LogP contribution in [-0.4, -0.2) is 41.9 Å². The maximum absolute atomic E-state index is 12.8. The van der Waals surface area contributed by atoms with E-state index in [-0.39, 0.29) is 36.6 Å². The fourth-order valence-corrected chi connectivity index (χ4v) is 3.91. The molecule has 31 heavy (non-hydrogen) atoms. The van der Waals surface area contributed by atoms with Crippen LogP contribution in [0.2, 0.25) is 0 Å². The summed E-state index contributed by atoms with van der Waals surface area (Å²) in [5, 5.41) is 2.87. The van der Waals surface area contributed by atoms with Gasteiger partial charge in [0.2, 0.25) is 0 Å². The van der Waals surface area contributed by atoms with E-state index >= 15 is 0 Å². The fourth-order valence-electron chi connectivity index (χ4n) is 3.91. The first-order chi connectivity index (χ1) is 14.9. The molecule has 2 heterocycles. The number of carbonyl (C=O) groups is 3. The molecule has 2 aliphatic heterocycles. The van der Waals surface area contributed by atoms with Crippen molar-refractivity contribution >= 4 is 17.7 Å². The van der Waals surface area contributed by atoms with Crippen LogP contribution in [0.4, 0.5) is 0 Å². The molecule has 3 amide bonds. The second-order valence-corrected chi connectivity index (χ2v) is 7.59. The van der Waals surface area contributed by atoms with Crippen molar-refractivity contribution in [1.29, 1.82) is 0 Å². The Morgan fingerprint density at radius 2 is 2.03 bits per heavy atom. The first-order valence-electron chi connectivity index (χ1n) is 10.3. The second-order valence-electron chi connectivity index (χ2n) is 7.59. The lowest BCUT2D eigenvalue weighted by atomic mass is 10.0. The van der Waals surface area contributed by atoms with Gasteiger partial charge in [0.25, 0.3) is 17.7 Å². The van der Waals surface area contributed by atoms with Gasteiger partial charge in [-0.25, -0.2) is 0 Å². The number of rotatable bonds is 7. The van der Waals surface area contributed by atoms with Crippen LogP contribution in [0.5, 0.6) is 11.5 Å². The summed E-state index contributed by atoms with van der Waals surface area (Å²) in [5.74, 6) is 0.388. The van der Waals surface area contributed by atoms with Gasteiger partial charge in [-0.3, -0.25) is 19.3 Å². The molecule has 0 saturated carbocycles. The summed E-state index contributed by atoms with van der Waals surface area (Å²) < 4.78 is 11.6. The largest absolute Gasteiger partial charge is 0.494 e. The van der Waals surface area contributed by atoms with Crippen LogP contribution in [0.3, 0.4) is 0 Å². The van der Waals surface area contributed by atoms with Crippen molar-refractivity contribution in [3.63, 3.8) is 0 Å². The number of imide groups is 1. The molecule has 0 unspecified atom stereocenters. The second kappa shape index (κ2) is 8.26. The number of amides is 3. The average Bonchev–Trinajstić information content (AvgIpc) is 3.23. The van der Waals surface area contributed by atoms with Crippen LogP contribution in [0.1, 0.15) is 56.0 Å². The Labute approximate surface area is 180 Å². The molecule has 0 fully saturated rings. The molecule has 0 radical (unpaired) electrons. The van der Waals surface area contributed by atoms with Crippen molar-refractivity contribution in [3.05, 3.63) is 70.8 Å². The van der Waals surface area contributed by atoms with Gasteiger partial charge in [-0.15, -0.1) is 6.58 Å². The number of nitrogens with zero attached hydrogens (tertiary/aromatic N) is 1. The number of fused-ring (bicyclic) bond motifs is 2. The summed E-state index contributed by atoms with van der Waals surface area (Å²) >= 11 is 0. The Balaban J connectivity index is 1.52. The van der Waals surface area contributed by atoms with E-state index in [9.17, 15) is 14.4 Å². The molecule has 0 spiro atoms. The standard InChI is InChI=1S/C24H24N2O5/c1-4-8-26-23(28)18-7-6-15(10-19(18)24(26)29)22(27)25-13-17-12-21-16(9-14(3)31-21)11-20(17)30-5-2/h4,6-7,10-12,14H,1,5,8-9,13H2,2-3H3,(H,25,27)/t14-/m1/s1. The summed E-state index contributed by atoms with van der Waals surface area (Å²) in [5.41, 5.74) is 2.75. The Hall–Kier alpha value is -3.61. The summed E-state index contributed by atoms with van der Waals surface area (Å²) in [4.78, 5) is 38.7. The van der Waals surface area contributed by atoms with E-state index < -0.39 is 5.91 Å². The van der Waals surface area contributed by atoms with Crippen molar-refractivity contribution in [1.82, 2.24) is 10.2 Å². The van der Waals surface area contributed by atoms with E-state index in [2.05, 4.69) is 11.9 Å². The van der Waals surface area contributed by atoms with Gasteiger partial charge in [0.05, 0.1) is 17.7 Å². The molecule has 0 aromatic heterocycles. The van der Waals surface area contributed by atoms with Crippen molar-refractivity contribution in [2.24, 2.45) is 0 Å². The van der Waals surface area contributed by atoms with E-state index in [4.69, 9.17) is 9.47 Å². The molecule has 0 bridgehead atoms. The molecular formula is C24H24N2O5. The Morgan fingerprint density at radius 1 is 1.26 bits per heavy atom. The summed E-state index contributed by atoms with van der Waals surface area (Å²) in [7, 11) is 0. The quantitative estimate of drug-likeness (QED) is 0.550. The normalized spacial score (nSPS) is 16.6. The van der Waals surface area contributed by atoms with Gasteiger partial charge >= 0.3 is 0 Å². The Morgan fingerprint density at radius 3 is 2.77 bits per heavy atom. The van der Waals surface area contributed by atoms with Gasteiger partial charge in [-0.2, -0.15) is 0 Å². The molecule has 1 N–H and O–H groups in total. The van der Waals surface area contributed by atoms with E-state index in [0.717, 1.165) is 28.2 Å². The van der Waals surface area contributed by atoms with Crippen LogP contribution < -0.4 is 14.8 Å². The Kier molecular flexibility index (Phi) is 5.50. The van der Waals surface area contributed by atoms with E-state index in [1.165, 1.54) is 18.2 Å². The lowest BCUT2D eigenvalue weighted by molar-refractivity contribution is 0.0672. The van der Waals surface area contributed by atoms with Crippen LogP contribution >= 0.6 is 0 Å². The predicted molar refractivity (Wildman–Crippen MR) is 115 cm³/mol. The third-order valence-corrected chi connectivity index (χ3v) is 5.36. The first-order valence-corrected chi connectivity index (χ1v) is 10.3. The molecule has 4 rings (SSSR count). The topological polar surface area (TPSA) is 84.9 Å². The highest BCUT2D eigenvalue weighted by Gasteiger charge is 2.35. The minimum Gasteiger partial charge on any atom is -0.494 e. The zero-order valence-corrected chi connectivity index (χ0v) is 17.6. The van der Waals surface area contributed by atoms with Crippen molar-refractivity contribution in [2.45, 2.75) is 32.9 Å². The maximum atomic E-state index is 12.8. The smallest absolute Gasteiger partial charge is 0.261 e. The van der Waals surface area contributed by atoms with E-state index in [1.807, 2.05) is 26.0 Å². The first kappa shape index (κ1) is 20.7. The van der Waals surface area contributed by atoms with Gasteiger partial charge < -0.3 is 14.8 Å². The zero-order valence-electron chi connectivity index (χ0n) is 17.6. The van der Waals surface area contributed by atoms with Gasteiger partial charge in [0.15, 0.2) is 0 Å². The number of hydrogen-bond acceptors (Lipinski definition) is 5. The number of nitrogens with one attached hydrogen (secondary N) is 1. The van der Waals surface area contributed by atoms with Crippen LogP contribution in [0.15, 0.2) is 43.0 Å². The number of ether oxygens (including phenoxy) is 2. The highest BCUT2D eigenvalue weighted by molar-refractivity contribution is 6.22. The van der Waals surface area contributed by atoms with E-state index in [0.29, 0.717) is 23.5 Å². The van der Waals surface area contributed by atoms with Crippen molar-refractivity contribution in [2.75, 3.05) is 13.2 Å². The van der Waals surface area contributed by atoms with Crippen molar-refractivity contribution < 1.29 is 23.9 Å². The minimum atomic E-state index is -0.418. The van der Waals surface area contributed by atoms with Gasteiger partial charge in [0.1, 0.15) is 17.6 Å². The molecule has 7 nitrogen and oxygen atoms in total. The molecule has 2 aromatic carbocycles. The third-order valence-electron chi connectivity index (χ3n) is 5.36. The lowest BCUT2D eigenvalue weighted by Crippen LogP contribution is -2.29. The number of carbonyl (C=O) groups excluding carboxylic acids is 3.